The molecule has 18 heavy (non-hydrogen) atoms. The van der Waals surface area contributed by atoms with E-state index in [1.807, 2.05) is 0 Å². The first kappa shape index (κ1) is 9.84. The zero-order valence-corrected chi connectivity index (χ0v) is 10.5. The molecule has 3 aromatic carbocycles. The third-order valence-corrected chi connectivity index (χ3v) is 3.99. The molecular formula is C17H13N. The summed E-state index contributed by atoms with van der Waals surface area (Å²) in [5.74, 6) is 0. The first-order chi connectivity index (χ1) is 8.75. The molecule has 1 aromatic heterocycles. The molecular weight excluding hydrogens is 218 g/mol. The third kappa shape index (κ3) is 1.09. The zero-order valence-electron chi connectivity index (χ0n) is 10.5. The predicted octanol–water partition coefficient (Wildman–Crippen LogP) is 4.60. The van der Waals surface area contributed by atoms with Crippen LogP contribution in [0, 0.1) is 13.8 Å². The maximum Gasteiger partial charge on any atom is 0.0718 e. The summed E-state index contributed by atoms with van der Waals surface area (Å²) in [4.78, 5) is 4.73. The quantitative estimate of drug-likeness (QED) is 0.403. The molecule has 1 nitrogen and oxygen atoms in total. The Hall–Kier alpha value is -2.15. The molecule has 0 aliphatic carbocycles. The van der Waals surface area contributed by atoms with Gasteiger partial charge in [0.2, 0.25) is 0 Å². The Bertz CT molecular complexity index is 874. The Morgan fingerprint density at radius 3 is 2.28 bits per heavy atom. The second-order valence-corrected chi connectivity index (χ2v) is 4.97. The number of hydrogen-bond donors (Lipinski definition) is 0. The van der Waals surface area contributed by atoms with Crippen LogP contribution in [-0.2, 0) is 0 Å². The zero-order chi connectivity index (χ0) is 12.3. The first-order valence-corrected chi connectivity index (χ1v) is 6.26. The molecule has 1 heterocycles. The molecule has 0 saturated heterocycles. The highest BCUT2D eigenvalue weighted by atomic mass is 14.7. The number of benzene rings is 3. The van der Waals surface area contributed by atoms with Gasteiger partial charge in [-0.1, -0.05) is 36.4 Å². The monoisotopic (exact) mass is 231 g/mol. The smallest absolute Gasteiger partial charge is 0.0718 e. The fourth-order valence-corrected chi connectivity index (χ4v) is 2.93. The normalized spacial score (nSPS) is 11.9. The SMILES string of the molecule is Cc1nc2ccc3cccc4ccc(c1C)c2c34. The highest BCUT2D eigenvalue weighted by molar-refractivity contribution is 6.22. The van der Waals surface area contributed by atoms with Crippen molar-refractivity contribution in [2.24, 2.45) is 0 Å². The van der Waals surface area contributed by atoms with E-state index in [1.54, 1.807) is 0 Å². The van der Waals surface area contributed by atoms with E-state index in [9.17, 15) is 0 Å². The van der Waals surface area contributed by atoms with Gasteiger partial charge in [-0.2, -0.15) is 0 Å². The van der Waals surface area contributed by atoms with Crippen molar-refractivity contribution in [2.75, 3.05) is 0 Å². The summed E-state index contributed by atoms with van der Waals surface area (Å²) in [5.41, 5.74) is 3.53. The molecule has 0 aliphatic heterocycles. The van der Waals surface area contributed by atoms with Crippen molar-refractivity contribution in [3.8, 4) is 0 Å². The standard InChI is InChI=1S/C17H13N/c1-10-11(2)18-15-9-7-13-5-3-4-12-6-8-14(10)17(15)16(12)13/h3-9H,1-2H3. The average Bonchev–Trinajstić information content (AvgIpc) is 2.40. The summed E-state index contributed by atoms with van der Waals surface area (Å²) in [6, 6.07) is 15.2. The minimum absolute atomic E-state index is 1.11. The second kappa shape index (κ2) is 3.20. The van der Waals surface area contributed by atoms with Gasteiger partial charge in [-0.3, -0.25) is 4.98 Å². The minimum Gasteiger partial charge on any atom is -0.253 e. The molecule has 0 spiro atoms. The molecule has 0 atom stereocenters. The van der Waals surface area contributed by atoms with Gasteiger partial charge < -0.3 is 0 Å². The fourth-order valence-electron chi connectivity index (χ4n) is 2.93. The van der Waals surface area contributed by atoms with Crippen LogP contribution < -0.4 is 0 Å². The molecule has 86 valence electrons. The molecule has 0 N–H and O–H groups in total. The van der Waals surface area contributed by atoms with E-state index >= 15 is 0 Å². The van der Waals surface area contributed by atoms with Crippen molar-refractivity contribution < 1.29 is 0 Å². The molecule has 4 rings (SSSR count). The van der Waals surface area contributed by atoms with Crippen molar-refractivity contribution in [3.05, 3.63) is 53.7 Å². The van der Waals surface area contributed by atoms with Gasteiger partial charge in [-0.25, -0.2) is 0 Å². The molecule has 0 bridgehead atoms. The Morgan fingerprint density at radius 1 is 0.778 bits per heavy atom. The number of aromatic nitrogens is 1. The van der Waals surface area contributed by atoms with Crippen LogP contribution in [0.3, 0.4) is 0 Å². The van der Waals surface area contributed by atoms with Crippen LogP contribution in [0.15, 0.2) is 42.5 Å². The molecule has 0 saturated carbocycles. The summed E-state index contributed by atoms with van der Waals surface area (Å²) in [7, 11) is 0. The van der Waals surface area contributed by atoms with Crippen molar-refractivity contribution >= 4 is 32.4 Å². The maximum absolute atomic E-state index is 4.73. The van der Waals surface area contributed by atoms with Gasteiger partial charge in [0.1, 0.15) is 0 Å². The second-order valence-electron chi connectivity index (χ2n) is 4.97. The lowest BCUT2D eigenvalue weighted by molar-refractivity contribution is 1.21. The summed E-state index contributed by atoms with van der Waals surface area (Å²) >= 11 is 0. The van der Waals surface area contributed by atoms with Gasteiger partial charge in [0.05, 0.1) is 5.52 Å². The highest BCUT2D eigenvalue weighted by Crippen LogP contribution is 2.35. The number of hydrogen-bond acceptors (Lipinski definition) is 1. The van der Waals surface area contributed by atoms with E-state index < -0.39 is 0 Å². The summed E-state index contributed by atoms with van der Waals surface area (Å²) < 4.78 is 0. The van der Waals surface area contributed by atoms with Gasteiger partial charge in [-0.15, -0.1) is 0 Å². The van der Waals surface area contributed by atoms with Crippen molar-refractivity contribution in [1.82, 2.24) is 4.98 Å². The summed E-state index contributed by atoms with van der Waals surface area (Å²) in [5, 5.41) is 6.60. The molecule has 0 aliphatic rings. The maximum atomic E-state index is 4.73. The predicted molar refractivity (Wildman–Crippen MR) is 77.4 cm³/mol. The molecule has 4 aromatic rings. The number of nitrogens with zero attached hydrogens (tertiary/aromatic N) is 1. The largest absolute Gasteiger partial charge is 0.253 e. The Labute approximate surface area is 105 Å². The van der Waals surface area contributed by atoms with Gasteiger partial charge in [-0.05, 0) is 47.0 Å². The Balaban J connectivity index is 2.46. The third-order valence-electron chi connectivity index (χ3n) is 3.99. The van der Waals surface area contributed by atoms with Crippen molar-refractivity contribution in [2.45, 2.75) is 13.8 Å². The van der Waals surface area contributed by atoms with Gasteiger partial charge in [0.25, 0.3) is 0 Å². The van der Waals surface area contributed by atoms with Crippen LogP contribution in [0.4, 0.5) is 0 Å². The Morgan fingerprint density at radius 2 is 1.50 bits per heavy atom. The molecule has 0 fully saturated rings. The Kier molecular flexibility index (Phi) is 1.75. The van der Waals surface area contributed by atoms with Crippen LogP contribution in [0.25, 0.3) is 32.4 Å². The minimum atomic E-state index is 1.11. The van der Waals surface area contributed by atoms with E-state index in [-0.39, 0.29) is 0 Å². The molecule has 0 radical (unpaired) electrons. The van der Waals surface area contributed by atoms with Crippen LogP contribution in [0.2, 0.25) is 0 Å². The molecule has 0 unspecified atom stereocenters. The fraction of sp³-hybridized carbons (Fsp3) is 0.118. The van der Waals surface area contributed by atoms with E-state index in [2.05, 4.69) is 56.3 Å². The van der Waals surface area contributed by atoms with E-state index in [0.29, 0.717) is 0 Å². The number of rotatable bonds is 0. The number of aryl methyl sites for hydroxylation is 2. The van der Waals surface area contributed by atoms with Gasteiger partial charge in [0.15, 0.2) is 0 Å². The van der Waals surface area contributed by atoms with E-state index in [4.69, 9.17) is 4.98 Å². The lowest BCUT2D eigenvalue weighted by atomic mass is 9.94. The van der Waals surface area contributed by atoms with Crippen LogP contribution in [-0.4, -0.2) is 4.98 Å². The van der Waals surface area contributed by atoms with Crippen molar-refractivity contribution in [1.29, 1.82) is 0 Å². The number of pyridine rings is 1. The lowest BCUT2D eigenvalue weighted by Crippen LogP contribution is -1.92. The van der Waals surface area contributed by atoms with E-state index in [0.717, 1.165) is 11.2 Å². The van der Waals surface area contributed by atoms with Gasteiger partial charge >= 0.3 is 0 Å². The molecule has 1 heteroatoms. The molecule has 0 amide bonds. The summed E-state index contributed by atoms with van der Waals surface area (Å²) in [6.07, 6.45) is 0. The van der Waals surface area contributed by atoms with Crippen molar-refractivity contribution in [3.63, 3.8) is 0 Å². The topological polar surface area (TPSA) is 12.9 Å². The lowest BCUT2D eigenvalue weighted by Gasteiger charge is -2.13. The van der Waals surface area contributed by atoms with E-state index in [1.165, 1.54) is 32.5 Å². The average molecular weight is 231 g/mol. The summed E-state index contributed by atoms with van der Waals surface area (Å²) in [6.45, 7) is 4.25. The van der Waals surface area contributed by atoms with Crippen LogP contribution in [0.5, 0.6) is 0 Å². The highest BCUT2D eigenvalue weighted by Gasteiger charge is 2.11. The van der Waals surface area contributed by atoms with Gasteiger partial charge in [0, 0.05) is 11.1 Å². The van der Waals surface area contributed by atoms with Crippen LogP contribution >= 0.6 is 0 Å². The first-order valence-electron chi connectivity index (χ1n) is 6.26. The van der Waals surface area contributed by atoms with Crippen LogP contribution in [0.1, 0.15) is 11.3 Å².